The van der Waals surface area contributed by atoms with Crippen LogP contribution in [0.25, 0.3) is 0 Å². The summed E-state index contributed by atoms with van der Waals surface area (Å²) < 4.78 is 5.41. The molecule has 7 heteroatoms. The summed E-state index contributed by atoms with van der Waals surface area (Å²) in [6.45, 7) is 3.93. The Kier molecular flexibility index (Phi) is 9.63. The van der Waals surface area contributed by atoms with Crippen molar-refractivity contribution in [3.8, 4) is 23.7 Å². The first-order chi connectivity index (χ1) is 19.4. The summed E-state index contributed by atoms with van der Waals surface area (Å²) in [5.74, 6) is 12.2. The lowest BCUT2D eigenvalue weighted by atomic mass is 10.0. The van der Waals surface area contributed by atoms with Gasteiger partial charge in [-0.15, -0.1) is 0 Å². The van der Waals surface area contributed by atoms with Gasteiger partial charge in [-0.2, -0.15) is 0 Å². The second-order valence-corrected chi connectivity index (χ2v) is 9.15. The number of nitrogens with one attached hydrogen (secondary N) is 2. The lowest BCUT2D eigenvalue weighted by molar-refractivity contribution is -0.143. The van der Waals surface area contributed by atoms with Crippen LogP contribution in [-0.4, -0.2) is 28.5 Å². The second-order valence-electron chi connectivity index (χ2n) is 9.15. The Hall–Kier alpha value is -5.40. The van der Waals surface area contributed by atoms with Gasteiger partial charge in [0.05, 0.1) is 0 Å². The SMILES string of the molecule is CC(C)c1ccc(NC(=O)NCC(=O)OCc2cc(C#Cc3cccnc3)cc(C#Cc3cccnc3)c2)cc1. The van der Waals surface area contributed by atoms with Crippen LogP contribution in [0, 0.1) is 23.7 Å². The highest BCUT2D eigenvalue weighted by Crippen LogP contribution is 2.17. The van der Waals surface area contributed by atoms with E-state index < -0.39 is 12.0 Å². The van der Waals surface area contributed by atoms with E-state index in [0.29, 0.717) is 22.7 Å². The number of nitrogens with zero attached hydrogens (tertiary/aromatic N) is 2. The van der Waals surface area contributed by atoms with Gasteiger partial charge in [-0.05, 0) is 71.6 Å². The number of urea groups is 1. The van der Waals surface area contributed by atoms with Gasteiger partial charge in [0, 0.05) is 52.7 Å². The minimum atomic E-state index is -0.569. The molecule has 0 aliphatic rings. The molecular formula is C33H28N4O3. The number of ether oxygens (including phenoxy) is 1. The Morgan fingerprint density at radius 3 is 1.90 bits per heavy atom. The number of carbonyl (C=O) groups excluding carboxylic acids is 2. The lowest BCUT2D eigenvalue weighted by Gasteiger charge is -2.10. The number of hydrogen-bond acceptors (Lipinski definition) is 5. The fraction of sp³-hybridized carbons (Fsp3) is 0.152. The van der Waals surface area contributed by atoms with Crippen LogP contribution in [0.5, 0.6) is 0 Å². The molecule has 2 aromatic heterocycles. The van der Waals surface area contributed by atoms with E-state index in [1.807, 2.05) is 66.7 Å². The van der Waals surface area contributed by atoms with E-state index in [-0.39, 0.29) is 13.2 Å². The molecule has 0 aliphatic carbocycles. The van der Waals surface area contributed by atoms with Gasteiger partial charge in [0.15, 0.2) is 0 Å². The first-order valence-electron chi connectivity index (χ1n) is 12.7. The number of pyridine rings is 2. The fourth-order valence-corrected chi connectivity index (χ4v) is 3.58. The molecule has 0 saturated carbocycles. The maximum absolute atomic E-state index is 12.3. The highest BCUT2D eigenvalue weighted by atomic mass is 16.5. The van der Waals surface area contributed by atoms with Gasteiger partial charge < -0.3 is 15.4 Å². The molecular weight excluding hydrogens is 500 g/mol. The van der Waals surface area contributed by atoms with Crippen molar-refractivity contribution in [3.63, 3.8) is 0 Å². The normalized spacial score (nSPS) is 9.97. The summed E-state index contributed by atoms with van der Waals surface area (Å²) in [7, 11) is 0. The van der Waals surface area contributed by atoms with E-state index in [0.717, 1.165) is 16.7 Å². The monoisotopic (exact) mass is 528 g/mol. The van der Waals surface area contributed by atoms with Crippen LogP contribution in [0.4, 0.5) is 10.5 Å². The first kappa shape index (κ1) is 27.6. The molecule has 2 N–H and O–H groups in total. The number of aromatic nitrogens is 2. The highest BCUT2D eigenvalue weighted by molar-refractivity contribution is 5.91. The highest BCUT2D eigenvalue weighted by Gasteiger charge is 2.09. The summed E-state index contributed by atoms with van der Waals surface area (Å²) in [6.07, 6.45) is 6.75. The molecule has 0 bridgehead atoms. The van der Waals surface area contributed by atoms with Crippen molar-refractivity contribution in [1.82, 2.24) is 15.3 Å². The molecule has 0 fully saturated rings. The van der Waals surface area contributed by atoms with Crippen molar-refractivity contribution in [3.05, 3.63) is 125 Å². The molecule has 0 radical (unpaired) electrons. The average Bonchev–Trinajstić information content (AvgIpc) is 2.98. The number of benzene rings is 2. The van der Waals surface area contributed by atoms with Gasteiger partial charge in [0.1, 0.15) is 13.2 Å². The molecule has 4 aromatic rings. The van der Waals surface area contributed by atoms with Crippen molar-refractivity contribution in [1.29, 1.82) is 0 Å². The Labute approximate surface area is 234 Å². The zero-order chi connectivity index (χ0) is 28.2. The largest absolute Gasteiger partial charge is 0.460 e. The molecule has 198 valence electrons. The third-order valence-electron chi connectivity index (χ3n) is 5.65. The molecule has 0 unspecified atom stereocenters. The molecule has 2 amide bonds. The minimum absolute atomic E-state index is 0.00276. The van der Waals surface area contributed by atoms with E-state index in [2.05, 4.69) is 58.1 Å². The van der Waals surface area contributed by atoms with Crippen LogP contribution < -0.4 is 10.6 Å². The molecule has 0 atom stereocenters. The molecule has 0 spiro atoms. The van der Waals surface area contributed by atoms with Crippen LogP contribution in [0.2, 0.25) is 0 Å². The fourth-order valence-electron chi connectivity index (χ4n) is 3.58. The zero-order valence-electron chi connectivity index (χ0n) is 22.3. The standard InChI is InChI=1S/C33H28N4O3/c1-24(2)30-11-13-31(14-12-30)37-33(39)36-22-32(38)40-23-29-18-27(9-7-25-5-3-15-34-20-25)17-28(19-29)10-8-26-6-4-16-35-21-26/h3-6,11-21,24H,22-23H2,1-2H3,(H2,36,37,39). The zero-order valence-corrected chi connectivity index (χ0v) is 22.3. The number of carbonyl (C=O) groups is 2. The van der Waals surface area contributed by atoms with E-state index >= 15 is 0 Å². The molecule has 7 nitrogen and oxygen atoms in total. The van der Waals surface area contributed by atoms with E-state index in [1.54, 1.807) is 24.8 Å². The predicted molar refractivity (Wildman–Crippen MR) is 154 cm³/mol. The Balaban J connectivity index is 1.38. The summed E-state index contributed by atoms with van der Waals surface area (Å²) in [5, 5.41) is 5.23. The number of anilines is 1. The quantitative estimate of drug-likeness (QED) is 0.263. The van der Waals surface area contributed by atoms with E-state index in [4.69, 9.17) is 4.74 Å². The molecule has 4 rings (SSSR count). The third-order valence-corrected chi connectivity index (χ3v) is 5.65. The van der Waals surface area contributed by atoms with Crippen LogP contribution in [0.1, 0.15) is 53.1 Å². The summed E-state index contributed by atoms with van der Waals surface area (Å²) in [5.41, 5.74) is 5.52. The lowest BCUT2D eigenvalue weighted by Crippen LogP contribution is -2.34. The average molecular weight is 529 g/mol. The number of esters is 1. The maximum atomic E-state index is 12.3. The molecule has 40 heavy (non-hydrogen) atoms. The Bertz CT molecular complexity index is 1500. The van der Waals surface area contributed by atoms with Crippen LogP contribution in [0.15, 0.2) is 91.5 Å². The van der Waals surface area contributed by atoms with E-state index in [1.165, 1.54) is 5.56 Å². The maximum Gasteiger partial charge on any atom is 0.325 e. The number of amides is 2. The van der Waals surface area contributed by atoms with Crippen molar-refractivity contribution in [2.75, 3.05) is 11.9 Å². The number of rotatable bonds is 6. The van der Waals surface area contributed by atoms with Gasteiger partial charge in [-0.25, -0.2) is 4.79 Å². The van der Waals surface area contributed by atoms with Crippen LogP contribution in [-0.2, 0) is 16.1 Å². The van der Waals surface area contributed by atoms with Gasteiger partial charge in [-0.1, -0.05) is 49.7 Å². The second kappa shape index (κ2) is 13.9. The Morgan fingerprint density at radius 1 is 0.800 bits per heavy atom. The summed E-state index contributed by atoms with van der Waals surface area (Å²) in [4.78, 5) is 32.7. The minimum Gasteiger partial charge on any atom is -0.460 e. The first-order valence-corrected chi connectivity index (χ1v) is 12.7. The summed E-state index contributed by atoms with van der Waals surface area (Å²) >= 11 is 0. The van der Waals surface area contributed by atoms with Gasteiger partial charge >= 0.3 is 12.0 Å². The van der Waals surface area contributed by atoms with Crippen molar-refractivity contribution in [2.24, 2.45) is 0 Å². The molecule has 2 heterocycles. The third kappa shape index (κ3) is 8.86. The Morgan fingerprint density at radius 2 is 1.38 bits per heavy atom. The van der Waals surface area contributed by atoms with Gasteiger partial charge in [-0.3, -0.25) is 14.8 Å². The van der Waals surface area contributed by atoms with E-state index in [9.17, 15) is 9.59 Å². The van der Waals surface area contributed by atoms with Crippen molar-refractivity contribution >= 4 is 17.7 Å². The predicted octanol–water partition coefficient (Wildman–Crippen LogP) is 5.26. The van der Waals surface area contributed by atoms with Crippen molar-refractivity contribution < 1.29 is 14.3 Å². The smallest absolute Gasteiger partial charge is 0.325 e. The molecule has 2 aromatic carbocycles. The summed E-state index contributed by atoms with van der Waals surface area (Å²) in [6, 6.07) is 20.0. The molecule has 0 saturated heterocycles. The van der Waals surface area contributed by atoms with Crippen LogP contribution in [0.3, 0.4) is 0 Å². The number of hydrogen-bond donors (Lipinski definition) is 2. The topological polar surface area (TPSA) is 93.2 Å². The van der Waals surface area contributed by atoms with Gasteiger partial charge in [0.25, 0.3) is 0 Å². The van der Waals surface area contributed by atoms with Crippen LogP contribution >= 0.6 is 0 Å². The van der Waals surface area contributed by atoms with Crippen molar-refractivity contribution in [2.45, 2.75) is 26.4 Å². The molecule has 0 aliphatic heterocycles. The van der Waals surface area contributed by atoms with Gasteiger partial charge in [0.2, 0.25) is 0 Å².